The number of para-hydroxylation sites is 1. The Kier molecular flexibility index (Phi) is 6.63. The minimum absolute atomic E-state index is 0.260. The average molecular weight is 459 g/mol. The molecule has 0 radical (unpaired) electrons. The molecule has 3 amide bonds. The van der Waals surface area contributed by atoms with Crippen LogP contribution in [0.25, 0.3) is 0 Å². The van der Waals surface area contributed by atoms with Gasteiger partial charge in [-0.3, -0.25) is 19.3 Å². The van der Waals surface area contributed by atoms with Crippen molar-refractivity contribution < 1.29 is 23.9 Å². The lowest BCUT2D eigenvalue weighted by Crippen LogP contribution is -2.31. The smallest absolute Gasteiger partial charge is 0.261 e. The Morgan fingerprint density at radius 3 is 2.32 bits per heavy atom. The third kappa shape index (κ3) is 4.37. The normalized spacial score (nSPS) is 12.5. The molecule has 3 aromatic rings. The first-order valence-corrected chi connectivity index (χ1v) is 10.9. The van der Waals surface area contributed by atoms with Crippen molar-refractivity contribution in [2.75, 3.05) is 27.8 Å². The molecule has 3 aromatic carbocycles. The van der Waals surface area contributed by atoms with Crippen LogP contribution in [0.2, 0.25) is 0 Å². The van der Waals surface area contributed by atoms with Gasteiger partial charge in [0.2, 0.25) is 0 Å². The van der Waals surface area contributed by atoms with Crippen molar-refractivity contribution in [3.8, 4) is 11.5 Å². The number of methoxy groups -OCH3 is 2. The zero-order valence-corrected chi connectivity index (χ0v) is 19.4. The molecule has 0 saturated heterocycles. The fourth-order valence-corrected chi connectivity index (χ4v) is 4.14. The quantitative estimate of drug-likeness (QED) is 0.480. The number of benzene rings is 3. The number of hydrogen-bond acceptors (Lipinski definition) is 5. The van der Waals surface area contributed by atoms with Crippen LogP contribution in [0, 0.1) is 0 Å². The summed E-state index contributed by atoms with van der Waals surface area (Å²) in [5.41, 5.74) is 2.76. The van der Waals surface area contributed by atoms with Crippen LogP contribution in [-0.2, 0) is 13.0 Å². The van der Waals surface area contributed by atoms with Crippen LogP contribution in [0.4, 0.5) is 0 Å². The second-order valence-electron chi connectivity index (χ2n) is 8.07. The van der Waals surface area contributed by atoms with Gasteiger partial charge in [0, 0.05) is 31.3 Å². The first kappa shape index (κ1) is 23.0. The van der Waals surface area contributed by atoms with Gasteiger partial charge in [0.05, 0.1) is 25.3 Å². The highest BCUT2D eigenvalue weighted by molar-refractivity contribution is 6.22. The molecular formula is C27H26N2O5. The van der Waals surface area contributed by atoms with Crippen LogP contribution in [0.15, 0.2) is 66.7 Å². The number of carbonyl (C=O) groups excluding carboxylic acids is 3. The van der Waals surface area contributed by atoms with E-state index in [0.717, 1.165) is 11.1 Å². The molecule has 0 bridgehead atoms. The van der Waals surface area contributed by atoms with Crippen molar-refractivity contribution in [1.29, 1.82) is 0 Å². The average Bonchev–Trinajstić information content (AvgIpc) is 3.11. The van der Waals surface area contributed by atoms with Gasteiger partial charge in [0.25, 0.3) is 17.7 Å². The Morgan fingerprint density at radius 1 is 0.882 bits per heavy atom. The fourth-order valence-electron chi connectivity index (χ4n) is 4.14. The maximum absolute atomic E-state index is 13.1. The Hall–Kier alpha value is -4.13. The standard InChI is InChI=1S/C27H26N2O5/c1-28(17-20-10-7-11-23(33-2)24(20)34-3)25(30)19-12-13-21-22(16-19)27(32)29(26(21)31)15-14-18-8-5-4-6-9-18/h4-13,16H,14-15,17H2,1-3H3. The van der Waals surface area contributed by atoms with Gasteiger partial charge >= 0.3 is 0 Å². The van der Waals surface area contributed by atoms with E-state index >= 15 is 0 Å². The maximum atomic E-state index is 13.1. The number of hydrogen-bond donors (Lipinski definition) is 0. The molecule has 1 aliphatic rings. The first-order chi connectivity index (χ1) is 16.4. The summed E-state index contributed by atoms with van der Waals surface area (Å²) in [6.07, 6.45) is 0.573. The Morgan fingerprint density at radius 2 is 1.62 bits per heavy atom. The Labute approximate surface area is 198 Å². The molecule has 174 valence electrons. The number of amides is 3. The first-order valence-electron chi connectivity index (χ1n) is 10.9. The van der Waals surface area contributed by atoms with Gasteiger partial charge in [-0.2, -0.15) is 0 Å². The van der Waals surface area contributed by atoms with E-state index in [1.165, 1.54) is 15.9 Å². The largest absolute Gasteiger partial charge is 0.493 e. The number of rotatable bonds is 8. The highest BCUT2D eigenvalue weighted by Gasteiger charge is 2.35. The molecule has 0 aromatic heterocycles. The third-order valence-electron chi connectivity index (χ3n) is 5.92. The fraction of sp³-hybridized carbons (Fsp3) is 0.222. The zero-order valence-electron chi connectivity index (χ0n) is 19.4. The molecule has 7 nitrogen and oxygen atoms in total. The number of fused-ring (bicyclic) bond motifs is 1. The Balaban J connectivity index is 1.50. The van der Waals surface area contributed by atoms with Crippen LogP contribution in [0.5, 0.6) is 11.5 Å². The highest BCUT2D eigenvalue weighted by atomic mass is 16.5. The van der Waals surface area contributed by atoms with Crippen LogP contribution in [0.1, 0.15) is 42.2 Å². The second-order valence-corrected chi connectivity index (χ2v) is 8.07. The summed E-state index contributed by atoms with van der Waals surface area (Å²) in [6, 6.07) is 19.8. The molecule has 0 spiro atoms. The summed E-state index contributed by atoms with van der Waals surface area (Å²) in [6.45, 7) is 0.571. The minimum atomic E-state index is -0.373. The maximum Gasteiger partial charge on any atom is 0.261 e. The van der Waals surface area contributed by atoms with Gasteiger partial charge < -0.3 is 14.4 Å². The summed E-state index contributed by atoms with van der Waals surface area (Å²) < 4.78 is 10.8. The molecule has 4 rings (SSSR count). The summed E-state index contributed by atoms with van der Waals surface area (Å²) in [7, 11) is 4.78. The molecule has 34 heavy (non-hydrogen) atoms. The van der Waals surface area contributed by atoms with Crippen LogP contribution in [0.3, 0.4) is 0 Å². The van der Waals surface area contributed by atoms with E-state index in [-0.39, 0.29) is 36.4 Å². The van der Waals surface area contributed by atoms with Crippen molar-refractivity contribution in [3.05, 3.63) is 94.5 Å². The molecule has 0 aliphatic carbocycles. The van der Waals surface area contributed by atoms with E-state index in [1.807, 2.05) is 42.5 Å². The molecule has 0 fully saturated rings. The molecular weight excluding hydrogens is 432 g/mol. The van der Waals surface area contributed by atoms with Crippen LogP contribution >= 0.6 is 0 Å². The Bertz CT molecular complexity index is 1240. The predicted octanol–water partition coefficient (Wildman–Crippen LogP) is 3.81. The molecule has 1 aliphatic heterocycles. The lowest BCUT2D eigenvalue weighted by molar-refractivity contribution is 0.0655. The van der Waals surface area contributed by atoms with Crippen molar-refractivity contribution >= 4 is 17.7 Å². The van der Waals surface area contributed by atoms with Crippen LogP contribution in [-0.4, -0.2) is 55.3 Å². The molecule has 0 unspecified atom stereocenters. The van der Waals surface area contributed by atoms with E-state index in [2.05, 4.69) is 0 Å². The van der Waals surface area contributed by atoms with Gasteiger partial charge in [-0.05, 0) is 36.2 Å². The second kappa shape index (κ2) is 9.79. The van der Waals surface area contributed by atoms with Crippen LogP contribution < -0.4 is 9.47 Å². The van der Waals surface area contributed by atoms with Gasteiger partial charge in [-0.25, -0.2) is 0 Å². The predicted molar refractivity (Wildman–Crippen MR) is 127 cm³/mol. The molecule has 0 N–H and O–H groups in total. The number of nitrogens with zero attached hydrogens (tertiary/aromatic N) is 2. The molecule has 1 heterocycles. The lowest BCUT2D eigenvalue weighted by Gasteiger charge is -2.20. The van der Waals surface area contributed by atoms with E-state index < -0.39 is 0 Å². The summed E-state index contributed by atoms with van der Waals surface area (Å²) in [4.78, 5) is 41.7. The summed E-state index contributed by atoms with van der Waals surface area (Å²) in [5, 5.41) is 0. The number of carbonyl (C=O) groups is 3. The van der Waals surface area contributed by atoms with Crippen molar-refractivity contribution in [1.82, 2.24) is 9.80 Å². The number of ether oxygens (including phenoxy) is 2. The molecule has 0 atom stereocenters. The van der Waals surface area contributed by atoms with E-state index in [9.17, 15) is 14.4 Å². The van der Waals surface area contributed by atoms with Gasteiger partial charge in [0.1, 0.15) is 0 Å². The SMILES string of the molecule is COc1cccc(CN(C)C(=O)c2ccc3c(c2)C(=O)N(CCc2ccccc2)C3=O)c1OC. The minimum Gasteiger partial charge on any atom is -0.493 e. The van der Waals surface area contributed by atoms with Crippen molar-refractivity contribution in [2.45, 2.75) is 13.0 Å². The lowest BCUT2D eigenvalue weighted by atomic mass is 10.0. The topological polar surface area (TPSA) is 76.2 Å². The van der Waals surface area contributed by atoms with Gasteiger partial charge in [-0.15, -0.1) is 0 Å². The zero-order chi connectivity index (χ0) is 24.2. The van der Waals surface area contributed by atoms with Crippen molar-refractivity contribution in [3.63, 3.8) is 0 Å². The summed E-state index contributed by atoms with van der Waals surface area (Å²) in [5.74, 6) is 0.175. The van der Waals surface area contributed by atoms with E-state index in [4.69, 9.17) is 9.47 Å². The molecule has 0 saturated carbocycles. The highest BCUT2D eigenvalue weighted by Crippen LogP contribution is 2.32. The molecule has 7 heteroatoms. The van der Waals surface area contributed by atoms with Gasteiger partial charge in [-0.1, -0.05) is 42.5 Å². The van der Waals surface area contributed by atoms with E-state index in [0.29, 0.717) is 29.0 Å². The van der Waals surface area contributed by atoms with Crippen molar-refractivity contribution in [2.24, 2.45) is 0 Å². The number of imide groups is 1. The summed E-state index contributed by atoms with van der Waals surface area (Å²) >= 11 is 0. The third-order valence-corrected chi connectivity index (χ3v) is 5.92. The van der Waals surface area contributed by atoms with Gasteiger partial charge in [0.15, 0.2) is 11.5 Å². The monoisotopic (exact) mass is 458 g/mol. The van der Waals surface area contributed by atoms with E-state index in [1.54, 1.807) is 39.5 Å².